The molecule has 18 heavy (non-hydrogen) atoms. The Labute approximate surface area is 103 Å². The van der Waals surface area contributed by atoms with Crippen LogP contribution in [0.15, 0.2) is 24.3 Å². The van der Waals surface area contributed by atoms with Crippen LogP contribution in [0.1, 0.15) is 24.1 Å². The standard InChI is InChI=1S/C12H14F3NO2/c1-8(16-11(17)7-18-2)9-3-5-10(6-4-9)12(13,14)15/h3-6,8H,7H2,1-2H3,(H,16,17). The summed E-state index contributed by atoms with van der Waals surface area (Å²) in [6.07, 6.45) is -4.35. The lowest BCUT2D eigenvalue weighted by Gasteiger charge is -2.15. The van der Waals surface area contributed by atoms with Crippen LogP contribution in [-0.2, 0) is 15.7 Å². The van der Waals surface area contributed by atoms with Gasteiger partial charge in [-0.1, -0.05) is 12.1 Å². The third-order valence-electron chi connectivity index (χ3n) is 2.39. The Morgan fingerprint density at radius 2 is 1.89 bits per heavy atom. The van der Waals surface area contributed by atoms with E-state index in [0.717, 1.165) is 12.1 Å². The zero-order chi connectivity index (χ0) is 13.8. The molecule has 0 fully saturated rings. The van der Waals surface area contributed by atoms with E-state index in [1.165, 1.54) is 19.2 Å². The summed E-state index contributed by atoms with van der Waals surface area (Å²) in [4.78, 5) is 11.2. The van der Waals surface area contributed by atoms with Crippen LogP contribution < -0.4 is 5.32 Å². The number of alkyl halides is 3. The van der Waals surface area contributed by atoms with Crippen molar-refractivity contribution in [1.29, 1.82) is 0 Å². The summed E-state index contributed by atoms with van der Waals surface area (Å²) >= 11 is 0. The number of hydrogen-bond acceptors (Lipinski definition) is 2. The van der Waals surface area contributed by atoms with Gasteiger partial charge in [0.1, 0.15) is 6.61 Å². The smallest absolute Gasteiger partial charge is 0.375 e. The van der Waals surface area contributed by atoms with Crippen molar-refractivity contribution in [3.05, 3.63) is 35.4 Å². The van der Waals surface area contributed by atoms with Gasteiger partial charge in [-0.3, -0.25) is 4.79 Å². The van der Waals surface area contributed by atoms with Crippen LogP contribution in [-0.4, -0.2) is 19.6 Å². The number of carbonyl (C=O) groups is 1. The second-order valence-corrected chi connectivity index (χ2v) is 3.84. The minimum absolute atomic E-state index is 0.0784. The van der Waals surface area contributed by atoms with E-state index in [9.17, 15) is 18.0 Å². The fourth-order valence-corrected chi connectivity index (χ4v) is 1.46. The molecule has 0 aromatic heterocycles. The SMILES string of the molecule is COCC(=O)NC(C)c1ccc(C(F)(F)F)cc1. The van der Waals surface area contributed by atoms with E-state index in [2.05, 4.69) is 10.1 Å². The van der Waals surface area contributed by atoms with Crippen molar-refractivity contribution < 1.29 is 22.7 Å². The number of ether oxygens (including phenoxy) is 1. The van der Waals surface area contributed by atoms with Gasteiger partial charge in [-0.05, 0) is 24.6 Å². The molecule has 0 aliphatic heterocycles. The summed E-state index contributed by atoms with van der Waals surface area (Å²) in [6.45, 7) is 1.61. The van der Waals surface area contributed by atoms with Crippen molar-refractivity contribution in [3.63, 3.8) is 0 Å². The molecule has 0 spiro atoms. The highest BCUT2D eigenvalue weighted by atomic mass is 19.4. The fraction of sp³-hybridized carbons (Fsp3) is 0.417. The van der Waals surface area contributed by atoms with Crippen LogP contribution in [0.2, 0.25) is 0 Å². The number of rotatable bonds is 4. The van der Waals surface area contributed by atoms with Gasteiger partial charge in [0.2, 0.25) is 5.91 Å². The van der Waals surface area contributed by atoms with Crippen molar-refractivity contribution in [2.45, 2.75) is 19.1 Å². The van der Waals surface area contributed by atoms with Crippen LogP contribution in [0.25, 0.3) is 0 Å². The molecule has 1 N–H and O–H groups in total. The molecule has 6 heteroatoms. The van der Waals surface area contributed by atoms with Crippen molar-refractivity contribution in [2.75, 3.05) is 13.7 Å². The maximum Gasteiger partial charge on any atom is 0.416 e. The highest BCUT2D eigenvalue weighted by Gasteiger charge is 2.30. The van der Waals surface area contributed by atoms with E-state index < -0.39 is 11.7 Å². The molecular weight excluding hydrogens is 247 g/mol. The predicted molar refractivity (Wildman–Crippen MR) is 59.9 cm³/mol. The van der Waals surface area contributed by atoms with E-state index in [1.54, 1.807) is 6.92 Å². The lowest BCUT2D eigenvalue weighted by Crippen LogP contribution is -2.29. The van der Waals surface area contributed by atoms with E-state index in [0.29, 0.717) is 5.56 Å². The quantitative estimate of drug-likeness (QED) is 0.904. The van der Waals surface area contributed by atoms with Gasteiger partial charge in [0.05, 0.1) is 11.6 Å². The first kappa shape index (κ1) is 14.5. The van der Waals surface area contributed by atoms with Gasteiger partial charge in [0, 0.05) is 7.11 Å². The number of hydrogen-bond donors (Lipinski definition) is 1. The number of carbonyl (C=O) groups excluding carboxylic acids is 1. The third kappa shape index (κ3) is 4.03. The zero-order valence-corrected chi connectivity index (χ0v) is 10.0. The molecule has 0 heterocycles. The minimum atomic E-state index is -4.35. The van der Waals surface area contributed by atoms with Crippen LogP contribution in [0.5, 0.6) is 0 Å². The van der Waals surface area contributed by atoms with E-state index in [4.69, 9.17) is 0 Å². The Morgan fingerprint density at radius 3 is 2.33 bits per heavy atom. The molecular formula is C12H14F3NO2. The van der Waals surface area contributed by atoms with Crippen molar-refractivity contribution in [2.24, 2.45) is 0 Å². The summed E-state index contributed by atoms with van der Waals surface area (Å²) < 4.78 is 41.7. The molecule has 1 aromatic carbocycles. The molecule has 0 aliphatic rings. The van der Waals surface area contributed by atoms with E-state index in [-0.39, 0.29) is 18.6 Å². The van der Waals surface area contributed by atoms with Gasteiger partial charge < -0.3 is 10.1 Å². The van der Waals surface area contributed by atoms with Gasteiger partial charge in [-0.2, -0.15) is 13.2 Å². The molecule has 0 bridgehead atoms. The number of amides is 1. The Hall–Kier alpha value is -1.56. The van der Waals surface area contributed by atoms with Gasteiger partial charge >= 0.3 is 6.18 Å². The maximum atomic E-state index is 12.3. The average Bonchev–Trinajstić information content (AvgIpc) is 2.28. The highest BCUT2D eigenvalue weighted by Crippen LogP contribution is 2.29. The summed E-state index contributed by atoms with van der Waals surface area (Å²) in [7, 11) is 1.39. The Morgan fingerprint density at radius 1 is 1.33 bits per heavy atom. The monoisotopic (exact) mass is 261 g/mol. The Bertz CT molecular complexity index is 401. The predicted octanol–water partition coefficient (Wildman–Crippen LogP) is 2.53. The largest absolute Gasteiger partial charge is 0.416 e. The molecule has 1 rings (SSSR count). The summed E-state index contributed by atoms with van der Waals surface area (Å²) in [5.41, 5.74) is -0.103. The van der Waals surface area contributed by atoms with Crippen molar-refractivity contribution >= 4 is 5.91 Å². The lowest BCUT2D eigenvalue weighted by atomic mass is 10.1. The molecule has 3 nitrogen and oxygen atoms in total. The topological polar surface area (TPSA) is 38.3 Å². The van der Waals surface area contributed by atoms with Crippen molar-refractivity contribution in [1.82, 2.24) is 5.32 Å². The third-order valence-corrected chi connectivity index (χ3v) is 2.39. The summed E-state index contributed by atoms with van der Waals surface area (Å²) in [5.74, 6) is -0.315. The summed E-state index contributed by atoms with van der Waals surface area (Å²) in [6, 6.07) is 4.32. The Kier molecular flexibility index (Phi) is 4.72. The van der Waals surface area contributed by atoms with Crippen LogP contribution >= 0.6 is 0 Å². The molecule has 1 unspecified atom stereocenters. The molecule has 0 radical (unpaired) electrons. The molecule has 0 saturated heterocycles. The van der Waals surface area contributed by atoms with E-state index in [1.807, 2.05) is 0 Å². The Balaban J connectivity index is 2.70. The number of benzene rings is 1. The highest BCUT2D eigenvalue weighted by molar-refractivity contribution is 5.77. The van der Waals surface area contributed by atoms with Gasteiger partial charge in [0.15, 0.2) is 0 Å². The normalized spacial score (nSPS) is 13.2. The van der Waals surface area contributed by atoms with Crippen molar-refractivity contribution in [3.8, 4) is 0 Å². The molecule has 0 aliphatic carbocycles. The number of nitrogens with one attached hydrogen (secondary N) is 1. The number of halogens is 3. The molecule has 1 aromatic rings. The molecule has 1 atom stereocenters. The number of methoxy groups -OCH3 is 1. The zero-order valence-electron chi connectivity index (χ0n) is 10.0. The van der Waals surface area contributed by atoms with Crippen LogP contribution in [0, 0.1) is 0 Å². The molecule has 100 valence electrons. The van der Waals surface area contributed by atoms with E-state index >= 15 is 0 Å². The van der Waals surface area contributed by atoms with Gasteiger partial charge in [-0.25, -0.2) is 0 Å². The minimum Gasteiger partial charge on any atom is -0.375 e. The second-order valence-electron chi connectivity index (χ2n) is 3.84. The molecule has 1 amide bonds. The first-order valence-electron chi connectivity index (χ1n) is 5.30. The van der Waals surface area contributed by atoms with Crippen LogP contribution in [0.3, 0.4) is 0 Å². The molecule has 0 saturated carbocycles. The average molecular weight is 261 g/mol. The van der Waals surface area contributed by atoms with Gasteiger partial charge in [0.25, 0.3) is 0 Å². The fourth-order valence-electron chi connectivity index (χ4n) is 1.46. The van der Waals surface area contributed by atoms with Gasteiger partial charge in [-0.15, -0.1) is 0 Å². The summed E-state index contributed by atoms with van der Waals surface area (Å²) in [5, 5.41) is 2.61. The van der Waals surface area contributed by atoms with Crippen LogP contribution in [0.4, 0.5) is 13.2 Å². The maximum absolute atomic E-state index is 12.3. The second kappa shape index (κ2) is 5.86. The first-order valence-corrected chi connectivity index (χ1v) is 5.30. The first-order chi connectivity index (χ1) is 8.34. The lowest BCUT2D eigenvalue weighted by molar-refractivity contribution is -0.137.